The zero-order valence-electron chi connectivity index (χ0n) is 12.8. The first-order valence-corrected chi connectivity index (χ1v) is 8.16. The molecular formula is C16H22N4OS. The van der Waals surface area contributed by atoms with E-state index >= 15 is 0 Å². The minimum atomic E-state index is -0.192. The Hall–Kier alpha value is -1.82. The summed E-state index contributed by atoms with van der Waals surface area (Å²) in [7, 11) is 0. The minimum absolute atomic E-state index is 0.192. The number of rotatable bonds is 8. The van der Waals surface area contributed by atoms with Crippen LogP contribution in [-0.4, -0.2) is 20.8 Å². The van der Waals surface area contributed by atoms with Crippen molar-refractivity contribution in [3.8, 4) is 0 Å². The van der Waals surface area contributed by atoms with Crippen LogP contribution >= 0.6 is 12.6 Å². The molecule has 1 amide bonds. The quantitative estimate of drug-likeness (QED) is 0.579. The molecule has 1 N–H and O–H groups in total. The molecule has 5 nitrogen and oxygen atoms in total. The van der Waals surface area contributed by atoms with Crippen LogP contribution in [0.1, 0.15) is 55.2 Å². The van der Waals surface area contributed by atoms with Crippen molar-refractivity contribution in [2.24, 2.45) is 0 Å². The molecule has 6 heteroatoms. The van der Waals surface area contributed by atoms with Crippen LogP contribution < -0.4 is 5.43 Å². The van der Waals surface area contributed by atoms with Crippen molar-refractivity contribution in [3.63, 3.8) is 0 Å². The van der Waals surface area contributed by atoms with Gasteiger partial charge in [0.25, 0.3) is 5.91 Å². The third-order valence-corrected chi connectivity index (χ3v) is 3.76. The Balaban J connectivity index is 1.96. The van der Waals surface area contributed by atoms with Crippen LogP contribution in [-0.2, 0) is 6.42 Å². The van der Waals surface area contributed by atoms with Gasteiger partial charge >= 0.3 is 0 Å². The number of nitrogens with zero attached hydrogens (tertiary/aromatic N) is 3. The first-order valence-electron chi connectivity index (χ1n) is 7.72. The van der Waals surface area contributed by atoms with Gasteiger partial charge in [0.15, 0.2) is 5.82 Å². The van der Waals surface area contributed by atoms with E-state index in [2.05, 4.69) is 35.2 Å². The summed E-state index contributed by atoms with van der Waals surface area (Å²) in [6, 6.07) is 9.07. The lowest BCUT2D eigenvalue weighted by Crippen LogP contribution is -2.25. The molecule has 22 heavy (non-hydrogen) atoms. The lowest BCUT2D eigenvalue weighted by molar-refractivity contribution is 0.100. The van der Waals surface area contributed by atoms with Crippen LogP contribution in [0.25, 0.3) is 0 Å². The van der Waals surface area contributed by atoms with Gasteiger partial charge in [-0.2, -0.15) is 0 Å². The highest BCUT2D eigenvalue weighted by molar-refractivity contribution is 7.80. The Morgan fingerprint density at radius 2 is 1.86 bits per heavy atom. The number of unbranched alkanes of at least 4 members (excludes halogenated alkanes) is 4. The molecule has 0 saturated heterocycles. The standard InChI is InChI=1S/C16H22N4OS/c1-2-3-4-5-9-12-14-17-18-16(22)20(14)19-15(21)13-10-7-6-8-11-13/h6-8,10-11H,2-5,9,12H2,1H3,(H,18,22)(H,19,21). The molecule has 1 aromatic heterocycles. The number of aryl methyl sites for hydroxylation is 1. The van der Waals surface area contributed by atoms with Gasteiger partial charge in [0.05, 0.1) is 0 Å². The highest BCUT2D eigenvalue weighted by Gasteiger charge is 2.13. The molecule has 1 heterocycles. The third-order valence-electron chi connectivity index (χ3n) is 3.47. The van der Waals surface area contributed by atoms with Crippen LogP contribution in [0.5, 0.6) is 0 Å². The number of hydrogen-bond acceptors (Lipinski definition) is 4. The van der Waals surface area contributed by atoms with Gasteiger partial charge < -0.3 is 0 Å². The van der Waals surface area contributed by atoms with E-state index in [0.29, 0.717) is 10.7 Å². The van der Waals surface area contributed by atoms with Gasteiger partial charge in [-0.3, -0.25) is 10.2 Å². The lowest BCUT2D eigenvalue weighted by Gasteiger charge is -2.10. The maximum absolute atomic E-state index is 12.2. The largest absolute Gasteiger partial charge is 0.270 e. The van der Waals surface area contributed by atoms with Crippen molar-refractivity contribution in [1.29, 1.82) is 0 Å². The Labute approximate surface area is 136 Å². The molecular weight excluding hydrogens is 296 g/mol. The third kappa shape index (κ3) is 4.59. The molecule has 0 aliphatic carbocycles. The van der Waals surface area contributed by atoms with Crippen molar-refractivity contribution >= 4 is 18.5 Å². The van der Waals surface area contributed by atoms with Crippen LogP contribution in [0.3, 0.4) is 0 Å². The van der Waals surface area contributed by atoms with Gasteiger partial charge in [-0.1, -0.05) is 50.8 Å². The van der Waals surface area contributed by atoms with Crippen molar-refractivity contribution in [1.82, 2.24) is 14.9 Å². The minimum Gasteiger partial charge on any atom is -0.267 e. The van der Waals surface area contributed by atoms with Gasteiger partial charge in [0.1, 0.15) is 0 Å². The zero-order chi connectivity index (χ0) is 15.8. The molecule has 0 aliphatic rings. The van der Waals surface area contributed by atoms with E-state index in [1.165, 1.54) is 19.3 Å². The fraction of sp³-hybridized carbons (Fsp3) is 0.438. The smallest absolute Gasteiger partial charge is 0.267 e. The van der Waals surface area contributed by atoms with Gasteiger partial charge in [-0.25, -0.2) is 4.68 Å². The molecule has 0 spiro atoms. The van der Waals surface area contributed by atoms with Crippen LogP contribution in [0.4, 0.5) is 0 Å². The molecule has 2 aromatic rings. The van der Waals surface area contributed by atoms with E-state index in [-0.39, 0.29) is 5.91 Å². The second-order valence-corrected chi connectivity index (χ2v) is 5.62. The number of carbonyl (C=O) groups excluding carboxylic acids is 1. The predicted molar refractivity (Wildman–Crippen MR) is 89.9 cm³/mol. The van der Waals surface area contributed by atoms with E-state index in [1.807, 2.05) is 18.2 Å². The summed E-state index contributed by atoms with van der Waals surface area (Å²) in [5, 5.41) is 8.44. The first kappa shape index (κ1) is 16.5. The molecule has 0 fully saturated rings. The Morgan fingerprint density at radius 3 is 2.59 bits per heavy atom. The number of amides is 1. The van der Waals surface area contributed by atoms with Gasteiger partial charge in [0, 0.05) is 12.0 Å². The number of aromatic nitrogens is 3. The molecule has 0 aliphatic heterocycles. The highest BCUT2D eigenvalue weighted by atomic mass is 32.1. The normalized spacial score (nSPS) is 10.6. The second kappa shape index (κ2) is 8.58. The van der Waals surface area contributed by atoms with Gasteiger partial charge in [0.2, 0.25) is 5.16 Å². The fourth-order valence-corrected chi connectivity index (χ4v) is 2.44. The molecule has 1 aromatic carbocycles. The molecule has 0 atom stereocenters. The average Bonchev–Trinajstić information content (AvgIpc) is 2.88. The summed E-state index contributed by atoms with van der Waals surface area (Å²) in [4.78, 5) is 12.2. The van der Waals surface area contributed by atoms with Crippen LogP contribution in [0.2, 0.25) is 0 Å². The number of thiol groups is 1. The maximum atomic E-state index is 12.2. The van der Waals surface area contributed by atoms with Gasteiger partial charge in [-0.15, -0.1) is 22.8 Å². The van der Waals surface area contributed by atoms with Crippen molar-refractivity contribution < 1.29 is 4.79 Å². The summed E-state index contributed by atoms with van der Waals surface area (Å²) in [5.41, 5.74) is 3.40. The SMILES string of the molecule is CCCCCCCc1nnc(S)n1NC(=O)c1ccccc1. The zero-order valence-corrected chi connectivity index (χ0v) is 13.7. The number of hydrogen-bond donors (Lipinski definition) is 2. The summed E-state index contributed by atoms with van der Waals surface area (Å²) in [5.74, 6) is 0.550. The van der Waals surface area contributed by atoms with Crippen LogP contribution in [0, 0.1) is 0 Å². The maximum Gasteiger partial charge on any atom is 0.270 e. The molecule has 118 valence electrons. The second-order valence-electron chi connectivity index (χ2n) is 5.22. The van der Waals surface area contributed by atoms with E-state index in [4.69, 9.17) is 0 Å². The molecule has 0 saturated carbocycles. The number of benzene rings is 1. The lowest BCUT2D eigenvalue weighted by atomic mass is 10.1. The fourth-order valence-electron chi connectivity index (χ4n) is 2.23. The van der Waals surface area contributed by atoms with Crippen molar-refractivity contribution in [2.45, 2.75) is 50.6 Å². The highest BCUT2D eigenvalue weighted by Crippen LogP contribution is 2.10. The summed E-state index contributed by atoms with van der Waals surface area (Å²) >= 11 is 4.26. The monoisotopic (exact) mass is 318 g/mol. The van der Waals surface area contributed by atoms with Crippen molar-refractivity contribution in [3.05, 3.63) is 41.7 Å². The average molecular weight is 318 g/mol. The molecule has 2 rings (SSSR count). The summed E-state index contributed by atoms with van der Waals surface area (Å²) < 4.78 is 1.57. The number of carbonyl (C=O) groups is 1. The Bertz CT molecular complexity index is 597. The van der Waals surface area contributed by atoms with E-state index in [1.54, 1.807) is 16.8 Å². The van der Waals surface area contributed by atoms with Crippen LogP contribution in [0.15, 0.2) is 35.5 Å². The Kier molecular flexibility index (Phi) is 6.45. The summed E-state index contributed by atoms with van der Waals surface area (Å²) in [6.45, 7) is 2.20. The molecule has 0 radical (unpaired) electrons. The molecule has 0 unspecified atom stereocenters. The van der Waals surface area contributed by atoms with E-state index in [9.17, 15) is 4.79 Å². The predicted octanol–water partition coefficient (Wildman–Crippen LogP) is 3.46. The van der Waals surface area contributed by atoms with Gasteiger partial charge in [-0.05, 0) is 18.6 Å². The topological polar surface area (TPSA) is 59.8 Å². The number of nitrogens with one attached hydrogen (secondary N) is 1. The van der Waals surface area contributed by atoms with E-state index in [0.717, 1.165) is 25.1 Å². The van der Waals surface area contributed by atoms with Crippen molar-refractivity contribution in [2.75, 3.05) is 5.43 Å². The summed E-state index contributed by atoms with van der Waals surface area (Å²) in [6.07, 6.45) is 6.70. The van der Waals surface area contributed by atoms with E-state index < -0.39 is 0 Å². The Morgan fingerprint density at radius 1 is 1.14 bits per heavy atom. The first-order chi connectivity index (χ1) is 10.7. The molecule has 0 bridgehead atoms.